The number of anilines is 1. The van der Waals surface area contributed by atoms with E-state index in [-0.39, 0.29) is 5.41 Å². The Hall–Kier alpha value is -2.89. The van der Waals surface area contributed by atoms with Crippen LogP contribution in [-0.2, 0) is 5.41 Å². The molecule has 4 heterocycles. The van der Waals surface area contributed by atoms with Gasteiger partial charge in [-0.1, -0.05) is 39.0 Å². The highest BCUT2D eigenvalue weighted by atomic mass is 15.4. The van der Waals surface area contributed by atoms with Gasteiger partial charge in [-0.3, -0.25) is 0 Å². The zero-order chi connectivity index (χ0) is 19.3. The Morgan fingerprint density at radius 1 is 1.00 bits per heavy atom. The zero-order valence-corrected chi connectivity index (χ0v) is 16.7. The van der Waals surface area contributed by atoms with E-state index in [0.717, 1.165) is 43.2 Å². The molecule has 1 aliphatic rings. The number of nitrogens with zero attached hydrogens (tertiary/aromatic N) is 5. The van der Waals surface area contributed by atoms with E-state index < -0.39 is 0 Å². The molecule has 0 atom stereocenters. The Bertz CT molecular complexity index is 1120. The molecule has 0 aliphatic carbocycles. The highest BCUT2D eigenvalue weighted by Gasteiger charge is 2.25. The average molecular weight is 374 g/mol. The quantitative estimate of drug-likeness (QED) is 0.569. The van der Waals surface area contributed by atoms with E-state index in [1.165, 1.54) is 16.5 Å². The Morgan fingerprint density at radius 2 is 1.79 bits per heavy atom. The minimum absolute atomic E-state index is 0.0899. The Morgan fingerprint density at radius 3 is 2.57 bits per heavy atom. The third kappa shape index (κ3) is 2.84. The molecule has 0 amide bonds. The number of H-pyrrole nitrogens is 1. The van der Waals surface area contributed by atoms with Crippen LogP contribution < -0.4 is 4.90 Å². The molecular formula is C22H26N6. The molecule has 3 aromatic heterocycles. The van der Waals surface area contributed by atoms with Gasteiger partial charge < -0.3 is 9.88 Å². The van der Waals surface area contributed by atoms with Crippen LogP contribution >= 0.6 is 0 Å². The molecule has 1 fully saturated rings. The van der Waals surface area contributed by atoms with Crippen LogP contribution in [0.15, 0.2) is 42.6 Å². The summed E-state index contributed by atoms with van der Waals surface area (Å²) in [7, 11) is 0. The molecule has 0 unspecified atom stereocenters. The molecule has 0 bridgehead atoms. The van der Waals surface area contributed by atoms with Crippen LogP contribution in [0.3, 0.4) is 0 Å². The lowest BCUT2D eigenvalue weighted by molar-refractivity contribution is 0.498. The fourth-order valence-electron chi connectivity index (χ4n) is 4.27. The molecule has 6 heteroatoms. The third-order valence-electron chi connectivity index (χ3n) is 5.80. The average Bonchev–Trinajstić information content (AvgIpc) is 3.31. The minimum Gasteiger partial charge on any atom is -0.361 e. The van der Waals surface area contributed by atoms with Gasteiger partial charge in [0, 0.05) is 35.6 Å². The maximum atomic E-state index is 4.87. The van der Waals surface area contributed by atoms with Crippen molar-refractivity contribution in [1.82, 2.24) is 24.8 Å². The second-order valence-electron chi connectivity index (χ2n) is 8.79. The summed E-state index contributed by atoms with van der Waals surface area (Å²) in [6.45, 7) is 8.45. The number of fused-ring (bicyclic) bond motifs is 2. The van der Waals surface area contributed by atoms with Crippen molar-refractivity contribution in [2.24, 2.45) is 0 Å². The predicted molar refractivity (Wildman–Crippen MR) is 112 cm³/mol. The number of nitrogens with one attached hydrogen (secondary N) is 1. The molecule has 1 N–H and O–H groups in total. The summed E-state index contributed by atoms with van der Waals surface area (Å²) in [5.74, 6) is 2.50. The standard InChI is InChI=1S/C22H26N6/c1-22(2,3)21-25-24-19-8-9-20(26-28(19)21)27-12-10-15(11-13-27)17-14-23-18-7-5-4-6-16(17)18/h4-9,14-15,23H,10-13H2,1-3H3. The Kier molecular flexibility index (Phi) is 3.89. The summed E-state index contributed by atoms with van der Waals surface area (Å²) in [6, 6.07) is 12.7. The summed E-state index contributed by atoms with van der Waals surface area (Å²) in [5, 5.41) is 14.9. The SMILES string of the molecule is CC(C)(C)c1nnc2ccc(N3CCC(c4c[nH]c5ccccc45)CC3)nn12. The maximum Gasteiger partial charge on any atom is 0.178 e. The Balaban J connectivity index is 1.38. The van der Waals surface area contributed by atoms with Crippen LogP contribution in [0.1, 0.15) is 50.9 Å². The van der Waals surface area contributed by atoms with Crippen molar-refractivity contribution >= 4 is 22.4 Å². The molecule has 28 heavy (non-hydrogen) atoms. The summed E-state index contributed by atoms with van der Waals surface area (Å²) in [6.07, 6.45) is 4.47. The van der Waals surface area contributed by atoms with Crippen molar-refractivity contribution in [3.63, 3.8) is 0 Å². The Labute approximate surface area is 164 Å². The molecule has 1 aliphatic heterocycles. The van der Waals surface area contributed by atoms with E-state index in [1.54, 1.807) is 0 Å². The normalized spacial score (nSPS) is 16.3. The molecule has 1 saturated heterocycles. The van der Waals surface area contributed by atoms with Crippen LogP contribution in [0.5, 0.6) is 0 Å². The fourth-order valence-corrected chi connectivity index (χ4v) is 4.27. The molecule has 144 valence electrons. The third-order valence-corrected chi connectivity index (χ3v) is 5.80. The second-order valence-corrected chi connectivity index (χ2v) is 8.79. The topological polar surface area (TPSA) is 62.1 Å². The van der Waals surface area contributed by atoms with Gasteiger partial charge in [0.25, 0.3) is 0 Å². The van der Waals surface area contributed by atoms with Gasteiger partial charge in [-0.05, 0) is 42.5 Å². The second kappa shape index (κ2) is 6.33. The molecule has 0 spiro atoms. The lowest BCUT2D eigenvalue weighted by Crippen LogP contribution is -2.34. The van der Waals surface area contributed by atoms with E-state index in [0.29, 0.717) is 5.92 Å². The first-order valence-corrected chi connectivity index (χ1v) is 10.0. The van der Waals surface area contributed by atoms with Crippen molar-refractivity contribution in [3.8, 4) is 0 Å². The molecule has 1 aromatic carbocycles. The van der Waals surface area contributed by atoms with Crippen molar-refractivity contribution in [3.05, 3.63) is 54.0 Å². The van der Waals surface area contributed by atoms with Crippen LogP contribution in [0.4, 0.5) is 5.82 Å². The van der Waals surface area contributed by atoms with E-state index >= 15 is 0 Å². The molecule has 0 radical (unpaired) electrons. The van der Waals surface area contributed by atoms with E-state index in [1.807, 2.05) is 10.6 Å². The summed E-state index contributed by atoms with van der Waals surface area (Å²) < 4.78 is 1.90. The molecular weight excluding hydrogens is 348 g/mol. The maximum absolute atomic E-state index is 4.87. The van der Waals surface area contributed by atoms with Gasteiger partial charge in [0.15, 0.2) is 11.5 Å². The van der Waals surface area contributed by atoms with E-state index in [4.69, 9.17) is 5.10 Å². The predicted octanol–water partition coefficient (Wildman–Crippen LogP) is 4.29. The largest absolute Gasteiger partial charge is 0.361 e. The van der Waals surface area contributed by atoms with Gasteiger partial charge >= 0.3 is 0 Å². The fraction of sp³-hybridized carbons (Fsp3) is 0.409. The van der Waals surface area contributed by atoms with Crippen molar-refractivity contribution in [2.75, 3.05) is 18.0 Å². The summed E-state index contributed by atoms with van der Waals surface area (Å²) >= 11 is 0. The van der Waals surface area contributed by atoms with Gasteiger partial charge in [0.05, 0.1) is 0 Å². The summed E-state index contributed by atoms with van der Waals surface area (Å²) in [5.41, 5.74) is 3.40. The lowest BCUT2D eigenvalue weighted by Gasteiger charge is -2.32. The van der Waals surface area contributed by atoms with Gasteiger partial charge in [0.2, 0.25) is 0 Å². The zero-order valence-electron chi connectivity index (χ0n) is 16.7. The first-order valence-electron chi connectivity index (χ1n) is 10.0. The van der Waals surface area contributed by atoms with Crippen molar-refractivity contribution < 1.29 is 0 Å². The van der Waals surface area contributed by atoms with E-state index in [2.05, 4.69) is 77.4 Å². The van der Waals surface area contributed by atoms with Crippen LogP contribution in [0, 0.1) is 0 Å². The molecule has 5 rings (SSSR count). The number of piperidine rings is 1. The number of para-hydroxylation sites is 1. The van der Waals surface area contributed by atoms with Crippen LogP contribution in [-0.4, -0.2) is 37.9 Å². The van der Waals surface area contributed by atoms with Crippen molar-refractivity contribution in [1.29, 1.82) is 0 Å². The first kappa shape index (κ1) is 17.2. The number of hydrogen-bond acceptors (Lipinski definition) is 4. The monoisotopic (exact) mass is 374 g/mol. The van der Waals surface area contributed by atoms with Crippen LogP contribution in [0.2, 0.25) is 0 Å². The smallest absolute Gasteiger partial charge is 0.178 e. The number of hydrogen-bond donors (Lipinski definition) is 1. The summed E-state index contributed by atoms with van der Waals surface area (Å²) in [4.78, 5) is 5.81. The highest BCUT2D eigenvalue weighted by Crippen LogP contribution is 2.34. The number of aromatic amines is 1. The van der Waals surface area contributed by atoms with Gasteiger partial charge in [0.1, 0.15) is 5.82 Å². The van der Waals surface area contributed by atoms with E-state index in [9.17, 15) is 0 Å². The molecule has 4 aromatic rings. The van der Waals surface area contributed by atoms with Gasteiger partial charge in [-0.25, -0.2) is 0 Å². The van der Waals surface area contributed by atoms with Crippen molar-refractivity contribution in [2.45, 2.75) is 44.9 Å². The van der Waals surface area contributed by atoms with Gasteiger partial charge in [-0.2, -0.15) is 4.52 Å². The number of rotatable bonds is 2. The minimum atomic E-state index is -0.0899. The first-order chi connectivity index (χ1) is 13.5. The number of benzene rings is 1. The number of aromatic nitrogens is 5. The highest BCUT2D eigenvalue weighted by molar-refractivity contribution is 5.83. The van der Waals surface area contributed by atoms with Crippen LogP contribution in [0.25, 0.3) is 16.6 Å². The molecule has 0 saturated carbocycles. The molecule has 6 nitrogen and oxygen atoms in total. The lowest BCUT2D eigenvalue weighted by atomic mass is 9.89. The van der Waals surface area contributed by atoms with Gasteiger partial charge in [-0.15, -0.1) is 15.3 Å².